The van der Waals surface area contributed by atoms with Gasteiger partial charge in [-0.2, -0.15) is 19.0 Å². The first kappa shape index (κ1) is 20.4. The molecule has 8 nitrogen and oxygen atoms in total. The van der Waals surface area contributed by atoms with Gasteiger partial charge in [0.2, 0.25) is 0 Å². The molecule has 0 saturated carbocycles. The first-order valence-electron chi connectivity index (χ1n) is 9.44. The van der Waals surface area contributed by atoms with Gasteiger partial charge in [0.05, 0.1) is 5.69 Å². The van der Waals surface area contributed by atoms with Crippen LogP contribution in [0.4, 0.5) is 8.78 Å². The third-order valence-corrected chi connectivity index (χ3v) is 4.90. The Hall–Kier alpha value is -3.92. The van der Waals surface area contributed by atoms with Crippen molar-refractivity contribution >= 4 is 0 Å². The molecule has 0 radical (unpaired) electrons. The molecular formula is C21H19F2N7O. The summed E-state index contributed by atoms with van der Waals surface area (Å²) in [6.07, 6.45) is 1.18. The zero-order valence-corrected chi connectivity index (χ0v) is 16.6. The van der Waals surface area contributed by atoms with Gasteiger partial charge in [0.1, 0.15) is 11.6 Å². The minimum absolute atomic E-state index is 0.114. The quantitative estimate of drug-likeness (QED) is 0.441. The number of aromatic amines is 2. The fourth-order valence-corrected chi connectivity index (χ4v) is 3.32. The van der Waals surface area contributed by atoms with Gasteiger partial charge in [-0.3, -0.25) is 5.10 Å². The Labute approximate surface area is 175 Å². The van der Waals surface area contributed by atoms with Crippen molar-refractivity contribution in [2.75, 3.05) is 6.54 Å². The smallest absolute Gasteiger partial charge is 0.327 e. The third-order valence-electron chi connectivity index (χ3n) is 4.90. The van der Waals surface area contributed by atoms with Gasteiger partial charge in [-0.15, -0.1) is 0 Å². The topological polar surface area (TPSA) is 118 Å². The summed E-state index contributed by atoms with van der Waals surface area (Å²) in [6.45, 7) is 1.46. The Morgan fingerprint density at radius 3 is 2.61 bits per heavy atom. The molecule has 3 heterocycles. The van der Waals surface area contributed by atoms with Crippen LogP contribution in [0.25, 0.3) is 28.2 Å². The average Bonchev–Trinajstić information content (AvgIpc) is 3.42. The van der Waals surface area contributed by atoms with E-state index in [0.717, 1.165) is 22.4 Å². The van der Waals surface area contributed by atoms with Crippen LogP contribution in [-0.2, 0) is 6.42 Å². The van der Waals surface area contributed by atoms with E-state index in [9.17, 15) is 13.6 Å². The predicted molar refractivity (Wildman–Crippen MR) is 112 cm³/mol. The number of nitrogens with one attached hydrogen (secondary N) is 2. The maximum atomic E-state index is 13.0. The first-order valence-corrected chi connectivity index (χ1v) is 9.44. The molecule has 158 valence electrons. The molecule has 31 heavy (non-hydrogen) atoms. The number of nitrogens with two attached hydrogens (primary N) is 1. The highest BCUT2D eigenvalue weighted by atomic mass is 19.3. The van der Waals surface area contributed by atoms with Crippen molar-refractivity contribution in [3.63, 3.8) is 0 Å². The minimum Gasteiger partial charge on any atom is -0.327 e. The van der Waals surface area contributed by atoms with Crippen molar-refractivity contribution in [1.82, 2.24) is 29.9 Å². The van der Waals surface area contributed by atoms with Crippen LogP contribution in [-0.4, -0.2) is 36.5 Å². The number of hydrogen-bond donors (Lipinski definition) is 3. The maximum absolute atomic E-state index is 13.0. The van der Waals surface area contributed by atoms with Crippen LogP contribution in [0.5, 0.6) is 0 Å². The van der Waals surface area contributed by atoms with E-state index in [1.807, 2.05) is 36.4 Å². The predicted octanol–water partition coefficient (Wildman–Crippen LogP) is 2.97. The number of hydrogen-bond acceptors (Lipinski definition) is 5. The second-order valence-electron chi connectivity index (χ2n) is 6.94. The molecule has 0 saturated heterocycles. The van der Waals surface area contributed by atoms with Crippen LogP contribution in [0, 0.1) is 6.92 Å². The number of aromatic nitrogens is 6. The Morgan fingerprint density at radius 2 is 1.94 bits per heavy atom. The number of pyridine rings is 1. The van der Waals surface area contributed by atoms with Crippen LogP contribution in [0.1, 0.15) is 11.4 Å². The lowest BCUT2D eigenvalue weighted by Crippen LogP contribution is -2.20. The Balaban J connectivity index is 1.72. The lowest BCUT2D eigenvalue weighted by atomic mass is 10.0. The fourth-order valence-electron chi connectivity index (χ4n) is 3.32. The monoisotopic (exact) mass is 423 g/mol. The zero-order chi connectivity index (χ0) is 22.0. The normalized spacial score (nSPS) is 11.0. The fraction of sp³-hybridized carbons (Fsp3) is 0.143. The molecule has 0 aliphatic carbocycles. The van der Waals surface area contributed by atoms with Gasteiger partial charge in [-0.05, 0) is 36.2 Å². The lowest BCUT2D eigenvalue weighted by Gasteiger charge is -2.11. The summed E-state index contributed by atoms with van der Waals surface area (Å²) in [5.74, 6) is 0.431. The molecule has 0 unspecified atom stereocenters. The lowest BCUT2D eigenvalue weighted by molar-refractivity contribution is 0.407. The van der Waals surface area contributed by atoms with E-state index in [2.05, 4.69) is 25.4 Å². The Morgan fingerprint density at radius 1 is 1.13 bits per heavy atom. The van der Waals surface area contributed by atoms with Crippen LogP contribution >= 0.6 is 0 Å². The van der Waals surface area contributed by atoms with E-state index in [0.29, 0.717) is 11.4 Å². The largest absolute Gasteiger partial charge is 0.349 e. The van der Waals surface area contributed by atoms with Crippen LogP contribution < -0.4 is 11.4 Å². The van der Waals surface area contributed by atoms with Crippen LogP contribution in [0.15, 0.2) is 65.2 Å². The Bertz CT molecular complexity index is 1300. The molecule has 0 atom stereocenters. The van der Waals surface area contributed by atoms with Crippen molar-refractivity contribution in [3.8, 4) is 28.2 Å². The van der Waals surface area contributed by atoms with Crippen LogP contribution in [0.3, 0.4) is 0 Å². The number of H-pyrrole nitrogens is 2. The minimum atomic E-state index is -1.87. The van der Waals surface area contributed by atoms with E-state index in [4.69, 9.17) is 5.73 Å². The highest BCUT2D eigenvalue weighted by Gasteiger charge is 2.17. The molecule has 4 N–H and O–H groups in total. The molecule has 4 rings (SSSR count). The van der Waals surface area contributed by atoms with E-state index in [1.165, 1.54) is 4.57 Å². The van der Waals surface area contributed by atoms with Gasteiger partial charge in [-0.25, -0.2) is 19.4 Å². The van der Waals surface area contributed by atoms with Gasteiger partial charge in [0.25, 0.3) is 6.08 Å². The summed E-state index contributed by atoms with van der Waals surface area (Å²) in [7, 11) is 0. The number of nitrogens with zero attached hydrogens (tertiary/aromatic N) is 4. The van der Waals surface area contributed by atoms with E-state index >= 15 is 0 Å². The van der Waals surface area contributed by atoms with Gasteiger partial charge >= 0.3 is 5.69 Å². The second-order valence-corrected chi connectivity index (χ2v) is 6.94. The van der Waals surface area contributed by atoms with Gasteiger partial charge in [0, 0.05) is 42.1 Å². The number of halogens is 2. The second kappa shape index (κ2) is 8.44. The standard InChI is InChI=1S/C21H19F2N7O/c1-12-7-16(13-3-2-4-14(8-13)17-5-6-26-27-17)11-25-20(12)30-18(28-29-21(30)31)9-15(10-24)19(22)23/h2-8,11H,9-10,24H2,1H3,(H,26,27)(H,29,31). The molecule has 0 spiro atoms. The SMILES string of the molecule is Cc1cc(-c2cccc(-c3ccn[nH]3)c2)cnc1-n1c(CC(CN)=C(F)F)n[nH]c1=O. The summed E-state index contributed by atoms with van der Waals surface area (Å²) in [5.41, 5.74) is 8.87. The summed E-state index contributed by atoms with van der Waals surface area (Å²) >= 11 is 0. The highest BCUT2D eigenvalue weighted by Crippen LogP contribution is 2.27. The molecule has 0 bridgehead atoms. The first-order chi connectivity index (χ1) is 15.0. The molecule has 0 fully saturated rings. The van der Waals surface area contributed by atoms with Crippen molar-refractivity contribution in [1.29, 1.82) is 0 Å². The van der Waals surface area contributed by atoms with E-state index in [1.54, 1.807) is 19.3 Å². The van der Waals surface area contributed by atoms with Crippen molar-refractivity contribution < 1.29 is 8.78 Å². The summed E-state index contributed by atoms with van der Waals surface area (Å²) in [4.78, 5) is 16.8. The summed E-state index contributed by atoms with van der Waals surface area (Å²) in [6, 6.07) is 11.6. The summed E-state index contributed by atoms with van der Waals surface area (Å²) in [5, 5.41) is 13.1. The molecule has 0 aliphatic heterocycles. The summed E-state index contributed by atoms with van der Waals surface area (Å²) < 4.78 is 27.3. The highest BCUT2D eigenvalue weighted by molar-refractivity contribution is 5.71. The molecule has 10 heteroatoms. The maximum Gasteiger partial charge on any atom is 0.349 e. The number of rotatable bonds is 6. The number of aryl methyl sites for hydroxylation is 1. The van der Waals surface area contributed by atoms with Crippen LogP contribution in [0.2, 0.25) is 0 Å². The van der Waals surface area contributed by atoms with Crippen molar-refractivity contribution in [2.45, 2.75) is 13.3 Å². The van der Waals surface area contributed by atoms with E-state index in [-0.39, 0.29) is 24.4 Å². The molecule has 0 amide bonds. The molecule has 0 aliphatic rings. The average molecular weight is 423 g/mol. The third kappa shape index (κ3) is 4.05. The zero-order valence-electron chi connectivity index (χ0n) is 16.6. The van der Waals surface area contributed by atoms with Crippen molar-refractivity contribution in [3.05, 3.63) is 82.3 Å². The Kier molecular flexibility index (Phi) is 5.54. The van der Waals surface area contributed by atoms with Gasteiger partial charge in [-0.1, -0.05) is 18.2 Å². The van der Waals surface area contributed by atoms with Crippen molar-refractivity contribution in [2.24, 2.45) is 5.73 Å². The molecule has 1 aromatic carbocycles. The van der Waals surface area contributed by atoms with Gasteiger partial charge < -0.3 is 5.73 Å². The molecule has 4 aromatic rings. The van der Waals surface area contributed by atoms with E-state index < -0.39 is 11.8 Å². The molecule has 3 aromatic heterocycles. The molecular weight excluding hydrogens is 404 g/mol. The number of benzene rings is 1. The van der Waals surface area contributed by atoms with Gasteiger partial charge in [0.15, 0.2) is 0 Å².